The summed E-state index contributed by atoms with van der Waals surface area (Å²) in [6.45, 7) is 8.17. The second kappa shape index (κ2) is 27.9. The molecule has 0 saturated heterocycles. The quantitative estimate of drug-likeness (QED) is 0.0375. The van der Waals surface area contributed by atoms with Gasteiger partial charge in [0.2, 0.25) is 0 Å². The summed E-state index contributed by atoms with van der Waals surface area (Å²) in [5.74, 6) is 11.4. The summed E-state index contributed by atoms with van der Waals surface area (Å²) in [5.41, 5.74) is 11.5. The van der Waals surface area contributed by atoms with Gasteiger partial charge >= 0.3 is 0 Å². The standard InChI is InChI=1S/C112H114N2O8/c1-63-15-5-9-23-87(63)119-91-47-83-95-84(106(116)113(105(83)115)103-79(27-31-109-51-67-35-68(52-109)37-69(36-67)53-109)19-13-20-80(103)28-32-110-54-70-38-71(55-110)40-72(39-70)56-110)49-93(121-89-25-11-7-17-65(89)3)99-100-94(122-90-26-12-8-18-66(90)4)50-86-96-85(48-92(98(102(96)100)97(91)101(95)99)120-88-24-10-6-16-64(88)2)107(117)114(108(86)118)104-81(29-33-111-57-73-41-74(58-111)43-75(42-73)59-111)21-14-22-82(104)30-34-112-60-76-44-77(61-112)46-78(45-76)62-112/h5-26,47-50,67-78H,27-46,51-62H2,1-4H3. The summed E-state index contributed by atoms with van der Waals surface area (Å²) in [4.78, 5) is 73.5. The SMILES string of the molecule is Cc1ccccc1Oc1cc2c3c(cc(Oc4ccccc4C)c4c5c(Oc6ccccc6C)cc6c7c(cc(Oc8ccccc8C)c(c1c34)c75)C(=O)N(c1c(CCC34CC5CC(CC(C5)C3)C4)cccc1CCC13CC4CC(CC(C4)C1)C3)C6=O)C(=O)N(c1c(CCC34CC5CC(CC(C5)C3)C4)cccc1CCC13CC4CC(CC(C4)C1)C3)C2=O. The molecule has 0 N–H and O–H groups in total. The zero-order valence-electron chi connectivity index (χ0n) is 71.7. The van der Waals surface area contributed by atoms with Crippen molar-refractivity contribution in [1.29, 1.82) is 0 Å². The fourth-order valence-corrected chi connectivity index (χ4v) is 32.0. The van der Waals surface area contributed by atoms with Gasteiger partial charge < -0.3 is 18.9 Å². The van der Waals surface area contributed by atoms with Crippen molar-refractivity contribution in [3.8, 4) is 46.0 Å². The molecule has 10 nitrogen and oxygen atoms in total. The molecule has 18 aliphatic rings. The molecule has 29 rings (SSSR count). The molecule has 16 saturated carbocycles. The zero-order valence-corrected chi connectivity index (χ0v) is 71.7. The molecule has 16 bridgehead atoms. The first-order valence-electron chi connectivity index (χ1n) is 47.7. The van der Waals surface area contributed by atoms with Crippen molar-refractivity contribution in [2.24, 2.45) is 92.7 Å². The van der Waals surface area contributed by atoms with Crippen molar-refractivity contribution in [3.63, 3.8) is 0 Å². The van der Waals surface area contributed by atoms with E-state index >= 15 is 19.2 Å². The van der Waals surface area contributed by atoms with Gasteiger partial charge in [0.15, 0.2) is 0 Å². The van der Waals surface area contributed by atoms with Gasteiger partial charge in [0.05, 0.1) is 33.6 Å². The first-order valence-corrected chi connectivity index (χ1v) is 47.7. The predicted molar refractivity (Wildman–Crippen MR) is 484 cm³/mol. The molecule has 0 atom stereocenters. The van der Waals surface area contributed by atoms with Crippen molar-refractivity contribution >= 4 is 78.1 Å². The highest BCUT2D eigenvalue weighted by Gasteiger charge is 2.56. The molecule has 10 heteroatoms. The Morgan fingerprint density at radius 3 is 0.639 bits per heavy atom. The average molecular weight is 1620 g/mol. The number of carbonyl (C=O) groups excluding carboxylic acids is 4. The molecule has 16 fully saturated rings. The second-order valence-corrected chi connectivity index (χ2v) is 43.6. The number of ether oxygens (including phenoxy) is 4. The van der Waals surface area contributed by atoms with Gasteiger partial charge in [0, 0.05) is 43.1 Å². The summed E-state index contributed by atoms with van der Waals surface area (Å²) in [7, 11) is 0. The number of nitrogens with zero attached hydrogens (tertiary/aromatic N) is 2. The van der Waals surface area contributed by atoms with E-state index < -0.39 is 23.6 Å². The van der Waals surface area contributed by atoms with Crippen LogP contribution in [0.5, 0.6) is 46.0 Å². The lowest BCUT2D eigenvalue weighted by molar-refractivity contribution is -0.0572. The maximum Gasteiger partial charge on any atom is 0.266 e. The Hall–Kier alpha value is -9.80. The van der Waals surface area contributed by atoms with E-state index in [9.17, 15) is 0 Å². The van der Waals surface area contributed by atoms with Crippen LogP contribution in [0.2, 0.25) is 0 Å². The topological polar surface area (TPSA) is 112 Å². The number of benzene rings is 11. The van der Waals surface area contributed by atoms with E-state index in [2.05, 4.69) is 36.4 Å². The molecule has 2 heterocycles. The Labute approximate surface area is 717 Å². The minimum Gasteiger partial charge on any atom is -0.456 e. The molecule has 0 unspecified atom stereocenters. The number of hydrogen-bond donors (Lipinski definition) is 0. The van der Waals surface area contributed by atoms with Gasteiger partial charge in [0.1, 0.15) is 46.0 Å². The van der Waals surface area contributed by atoms with E-state index in [1.807, 2.05) is 149 Å². The number of amides is 4. The van der Waals surface area contributed by atoms with Crippen molar-refractivity contribution in [3.05, 3.63) is 224 Å². The van der Waals surface area contributed by atoms with Gasteiger partial charge in [0.25, 0.3) is 23.6 Å². The van der Waals surface area contributed by atoms with Crippen LogP contribution in [0, 0.1) is 120 Å². The fourth-order valence-electron chi connectivity index (χ4n) is 32.0. The zero-order chi connectivity index (χ0) is 81.6. The third-order valence-corrected chi connectivity index (χ3v) is 35.4. The molecular formula is C112H114N2O8. The molecule has 11 aromatic carbocycles. The molecule has 0 radical (unpaired) electrons. The number of rotatable bonds is 22. The third-order valence-electron chi connectivity index (χ3n) is 35.4. The second-order valence-electron chi connectivity index (χ2n) is 43.6. The lowest BCUT2D eigenvalue weighted by atomic mass is 9.48. The minimum absolute atomic E-state index is 0.248. The van der Waals surface area contributed by atoms with Crippen LogP contribution in [-0.4, -0.2) is 23.6 Å². The van der Waals surface area contributed by atoms with Crippen LogP contribution >= 0.6 is 0 Å². The monoisotopic (exact) mass is 1610 g/mol. The van der Waals surface area contributed by atoms with E-state index in [1.165, 1.54) is 154 Å². The van der Waals surface area contributed by atoms with Gasteiger partial charge in [-0.25, -0.2) is 9.80 Å². The Kier molecular flexibility index (Phi) is 17.1. The van der Waals surface area contributed by atoms with Crippen molar-refractivity contribution in [2.75, 3.05) is 9.80 Å². The van der Waals surface area contributed by atoms with Crippen LogP contribution in [0.15, 0.2) is 158 Å². The number of imide groups is 2. The molecule has 4 amide bonds. The van der Waals surface area contributed by atoms with Crippen molar-refractivity contribution in [1.82, 2.24) is 0 Å². The summed E-state index contributed by atoms with van der Waals surface area (Å²) in [6, 6.07) is 53.2. The molecule has 620 valence electrons. The Bertz CT molecular complexity index is 5400. The van der Waals surface area contributed by atoms with Gasteiger partial charge in [-0.1, -0.05) is 109 Å². The van der Waals surface area contributed by atoms with E-state index in [0.717, 1.165) is 178 Å². The van der Waals surface area contributed by atoms with Crippen LogP contribution in [0.4, 0.5) is 11.4 Å². The Morgan fingerprint density at radius 1 is 0.246 bits per heavy atom. The van der Waals surface area contributed by atoms with E-state index in [0.29, 0.717) is 111 Å². The summed E-state index contributed by atoms with van der Waals surface area (Å²) < 4.78 is 30.9. The highest BCUT2D eigenvalue weighted by molar-refractivity contribution is 6.48. The van der Waals surface area contributed by atoms with Crippen LogP contribution in [0.1, 0.15) is 266 Å². The number of aryl methyl sites for hydroxylation is 8. The average Bonchev–Trinajstić information content (AvgIpc) is 0.666. The van der Waals surface area contributed by atoms with Gasteiger partial charge in [-0.3, -0.25) is 19.2 Å². The van der Waals surface area contributed by atoms with Crippen molar-refractivity contribution < 1.29 is 38.1 Å². The molecule has 11 aromatic rings. The van der Waals surface area contributed by atoms with Crippen LogP contribution in [-0.2, 0) is 25.7 Å². The molecular weight excluding hydrogens is 1500 g/mol. The maximum atomic E-state index is 17.6. The molecule has 2 aliphatic heterocycles. The van der Waals surface area contributed by atoms with Gasteiger partial charge in [-0.15, -0.1) is 0 Å². The number of hydrogen-bond acceptors (Lipinski definition) is 8. The number of fused-ring (bicyclic) bond motifs is 2. The lowest BCUT2D eigenvalue weighted by Crippen LogP contribution is -2.46. The summed E-state index contributed by atoms with van der Waals surface area (Å²) in [6.07, 6.45) is 38.8. The van der Waals surface area contributed by atoms with Gasteiger partial charge in [-0.05, 0) is 419 Å². The number of carbonyl (C=O) groups is 4. The molecule has 16 aliphatic carbocycles. The smallest absolute Gasteiger partial charge is 0.266 e. The lowest BCUT2D eigenvalue weighted by Gasteiger charge is -2.57. The first kappa shape index (κ1) is 74.8. The number of para-hydroxylation sites is 6. The van der Waals surface area contributed by atoms with E-state index in [4.69, 9.17) is 18.9 Å². The molecule has 122 heavy (non-hydrogen) atoms. The van der Waals surface area contributed by atoms with Crippen LogP contribution in [0.3, 0.4) is 0 Å². The molecule has 0 spiro atoms. The third kappa shape index (κ3) is 12.1. The molecule has 0 aromatic heterocycles. The highest BCUT2D eigenvalue weighted by Crippen LogP contribution is 2.68. The largest absolute Gasteiger partial charge is 0.456 e. The predicted octanol–water partition coefficient (Wildman–Crippen LogP) is 28.3. The highest BCUT2D eigenvalue weighted by atomic mass is 16.5. The van der Waals surface area contributed by atoms with E-state index in [1.54, 1.807) is 9.80 Å². The maximum absolute atomic E-state index is 17.6. The summed E-state index contributed by atoms with van der Waals surface area (Å²) in [5, 5.41) is 4.13. The first-order chi connectivity index (χ1) is 59.4. The summed E-state index contributed by atoms with van der Waals surface area (Å²) >= 11 is 0. The Morgan fingerprint density at radius 2 is 0.443 bits per heavy atom. The number of anilines is 2. The normalized spacial score (nSPS) is 30.8. The van der Waals surface area contributed by atoms with Crippen LogP contribution in [0.25, 0.3) is 43.1 Å². The fraction of sp³-hybridized carbons (Fsp3) is 0.464. The minimum atomic E-state index is -0.406. The van der Waals surface area contributed by atoms with Crippen molar-refractivity contribution in [2.45, 2.75) is 233 Å². The van der Waals surface area contributed by atoms with Gasteiger partial charge in [-0.2, -0.15) is 0 Å². The van der Waals surface area contributed by atoms with E-state index in [-0.39, 0.29) is 21.7 Å². The Balaban J connectivity index is 0.735. The van der Waals surface area contributed by atoms with Crippen LogP contribution < -0.4 is 28.7 Å².